The second kappa shape index (κ2) is 12.2. The molecule has 0 aliphatic heterocycles. The van der Waals surface area contributed by atoms with Crippen LogP contribution < -0.4 is 21.3 Å². The summed E-state index contributed by atoms with van der Waals surface area (Å²) in [5, 5.41) is 11.9. The van der Waals surface area contributed by atoms with Crippen molar-refractivity contribution in [1.29, 1.82) is 0 Å². The van der Waals surface area contributed by atoms with E-state index in [1.165, 1.54) is 0 Å². The molecule has 2 rings (SSSR count). The highest BCUT2D eigenvalue weighted by atomic mass is 127. The van der Waals surface area contributed by atoms with E-state index in [1.54, 1.807) is 0 Å². The summed E-state index contributed by atoms with van der Waals surface area (Å²) in [6, 6.07) is 5.73. The van der Waals surface area contributed by atoms with Crippen LogP contribution in [0.3, 0.4) is 0 Å². The highest BCUT2D eigenvalue weighted by Crippen LogP contribution is 2.28. The molecule has 9 heteroatoms. The van der Waals surface area contributed by atoms with Crippen LogP contribution in [-0.4, -0.2) is 44.0 Å². The largest absolute Gasteiger partial charge is 0.357 e. The van der Waals surface area contributed by atoms with Gasteiger partial charge in [0.2, 0.25) is 11.8 Å². The molecule has 1 fully saturated rings. The first-order valence-electron chi connectivity index (χ1n) is 8.85. The van der Waals surface area contributed by atoms with Crippen LogP contribution in [0.5, 0.6) is 0 Å². The standard InChI is InChI=1S/C18H26BrN5O2.HI/c1-3-20-18(22-9-8-21-17(26)13-5-6-13)23-11-16(25)24-15-10-14(19)7-4-12(15)2;/h4,7,10,13H,3,5-6,8-9,11H2,1-2H3,(H,21,26)(H,24,25)(H2,20,22,23);1H. The number of carbonyl (C=O) groups excluding carboxylic acids is 2. The SMILES string of the molecule is CCNC(=NCC(=O)Nc1cc(Br)ccc1C)NCCNC(=O)C1CC1.I. The van der Waals surface area contributed by atoms with Gasteiger partial charge in [-0.25, -0.2) is 4.99 Å². The van der Waals surface area contributed by atoms with Crippen LogP contribution >= 0.6 is 39.9 Å². The Labute approximate surface area is 185 Å². The van der Waals surface area contributed by atoms with Crippen molar-refractivity contribution in [3.63, 3.8) is 0 Å². The third-order valence-corrected chi connectivity index (χ3v) is 4.36. The second-order valence-electron chi connectivity index (χ2n) is 6.19. The molecule has 1 aliphatic rings. The molecule has 1 aromatic carbocycles. The van der Waals surface area contributed by atoms with Crippen LogP contribution in [0.25, 0.3) is 0 Å². The lowest BCUT2D eigenvalue weighted by molar-refractivity contribution is -0.122. The zero-order valence-electron chi connectivity index (χ0n) is 15.6. The second-order valence-corrected chi connectivity index (χ2v) is 7.11. The Bertz CT molecular complexity index is 680. The van der Waals surface area contributed by atoms with Gasteiger partial charge in [-0.1, -0.05) is 22.0 Å². The number of carbonyl (C=O) groups is 2. The number of aryl methyl sites for hydroxylation is 1. The fourth-order valence-corrected chi connectivity index (χ4v) is 2.63. The average Bonchev–Trinajstić information content (AvgIpc) is 3.44. The fraction of sp³-hybridized carbons (Fsp3) is 0.500. The van der Waals surface area contributed by atoms with Crippen LogP contribution in [0.2, 0.25) is 0 Å². The van der Waals surface area contributed by atoms with Gasteiger partial charge in [0.1, 0.15) is 6.54 Å². The van der Waals surface area contributed by atoms with E-state index in [0.29, 0.717) is 25.6 Å². The molecular weight excluding hydrogens is 525 g/mol. The third kappa shape index (κ3) is 8.91. The van der Waals surface area contributed by atoms with Crippen molar-refractivity contribution in [2.45, 2.75) is 26.7 Å². The quantitative estimate of drug-likeness (QED) is 0.173. The predicted octanol–water partition coefficient (Wildman–Crippen LogP) is 2.40. The Morgan fingerprint density at radius 3 is 2.56 bits per heavy atom. The van der Waals surface area contributed by atoms with Crippen LogP contribution in [0.1, 0.15) is 25.3 Å². The summed E-state index contributed by atoms with van der Waals surface area (Å²) in [7, 11) is 0. The number of guanidine groups is 1. The number of anilines is 1. The van der Waals surface area contributed by atoms with E-state index in [4.69, 9.17) is 0 Å². The molecule has 150 valence electrons. The third-order valence-electron chi connectivity index (χ3n) is 3.86. The number of aliphatic imine (C=N–C) groups is 1. The van der Waals surface area contributed by atoms with Crippen LogP contribution in [0.15, 0.2) is 27.7 Å². The molecule has 0 atom stereocenters. The predicted molar refractivity (Wildman–Crippen MR) is 123 cm³/mol. The fourth-order valence-electron chi connectivity index (χ4n) is 2.27. The lowest BCUT2D eigenvalue weighted by Gasteiger charge is -2.12. The first-order valence-corrected chi connectivity index (χ1v) is 9.64. The van der Waals surface area contributed by atoms with E-state index >= 15 is 0 Å². The zero-order chi connectivity index (χ0) is 18.9. The molecule has 27 heavy (non-hydrogen) atoms. The van der Waals surface area contributed by atoms with Gasteiger partial charge in [0, 0.05) is 35.7 Å². The number of nitrogens with one attached hydrogen (secondary N) is 4. The van der Waals surface area contributed by atoms with Crippen LogP contribution in [-0.2, 0) is 9.59 Å². The minimum Gasteiger partial charge on any atom is -0.357 e. The summed E-state index contributed by atoms with van der Waals surface area (Å²) in [6.07, 6.45) is 1.99. The maximum absolute atomic E-state index is 12.1. The van der Waals surface area contributed by atoms with Gasteiger partial charge < -0.3 is 21.3 Å². The Morgan fingerprint density at radius 1 is 1.19 bits per heavy atom. The van der Waals surface area contributed by atoms with Crippen LogP contribution in [0.4, 0.5) is 5.69 Å². The molecule has 0 unspecified atom stereocenters. The maximum Gasteiger partial charge on any atom is 0.246 e. The number of rotatable bonds is 8. The molecule has 1 aromatic rings. The van der Waals surface area contributed by atoms with Gasteiger partial charge in [0.25, 0.3) is 0 Å². The molecule has 7 nitrogen and oxygen atoms in total. The van der Waals surface area contributed by atoms with Crippen molar-refractivity contribution in [2.75, 3.05) is 31.5 Å². The van der Waals surface area contributed by atoms with Crippen molar-refractivity contribution in [3.05, 3.63) is 28.2 Å². The molecule has 0 aromatic heterocycles. The van der Waals surface area contributed by atoms with Gasteiger partial charge in [-0.3, -0.25) is 9.59 Å². The number of benzene rings is 1. The number of nitrogens with zero attached hydrogens (tertiary/aromatic N) is 1. The van der Waals surface area contributed by atoms with Crippen molar-refractivity contribution < 1.29 is 9.59 Å². The normalized spacial score (nSPS) is 13.4. The first kappa shape index (κ1) is 23.7. The zero-order valence-corrected chi connectivity index (χ0v) is 19.5. The van der Waals surface area contributed by atoms with Gasteiger partial charge in [-0.2, -0.15) is 0 Å². The highest BCUT2D eigenvalue weighted by molar-refractivity contribution is 14.0. The van der Waals surface area contributed by atoms with E-state index in [-0.39, 0.29) is 48.3 Å². The lowest BCUT2D eigenvalue weighted by atomic mass is 10.2. The van der Waals surface area contributed by atoms with Gasteiger partial charge in [-0.05, 0) is 44.4 Å². The van der Waals surface area contributed by atoms with Crippen molar-refractivity contribution in [2.24, 2.45) is 10.9 Å². The van der Waals surface area contributed by atoms with Crippen molar-refractivity contribution >= 4 is 63.4 Å². The summed E-state index contributed by atoms with van der Waals surface area (Å²) in [6.45, 7) is 5.67. The van der Waals surface area contributed by atoms with Crippen molar-refractivity contribution in [3.8, 4) is 0 Å². The van der Waals surface area contributed by atoms with Crippen molar-refractivity contribution in [1.82, 2.24) is 16.0 Å². The molecule has 0 heterocycles. The number of halogens is 2. The summed E-state index contributed by atoms with van der Waals surface area (Å²) in [5.74, 6) is 0.694. The molecule has 2 amide bonds. The lowest BCUT2D eigenvalue weighted by Crippen LogP contribution is -2.42. The molecule has 1 aliphatic carbocycles. The van der Waals surface area contributed by atoms with E-state index in [0.717, 1.165) is 28.6 Å². The maximum atomic E-state index is 12.1. The Morgan fingerprint density at radius 2 is 1.89 bits per heavy atom. The molecule has 0 bridgehead atoms. The van der Waals surface area contributed by atoms with Gasteiger partial charge in [0.05, 0.1) is 0 Å². The van der Waals surface area contributed by atoms with Crippen LogP contribution in [0, 0.1) is 12.8 Å². The smallest absolute Gasteiger partial charge is 0.246 e. The number of hydrogen-bond acceptors (Lipinski definition) is 3. The Kier molecular flexibility index (Phi) is 10.7. The van der Waals surface area contributed by atoms with Gasteiger partial charge in [0.15, 0.2) is 5.96 Å². The number of hydrogen-bond donors (Lipinski definition) is 4. The van der Waals surface area contributed by atoms with Gasteiger partial charge >= 0.3 is 0 Å². The van der Waals surface area contributed by atoms with E-state index < -0.39 is 0 Å². The molecular formula is C18H27BrIN5O2. The number of amides is 2. The summed E-state index contributed by atoms with van der Waals surface area (Å²) in [5.41, 5.74) is 1.75. The molecule has 1 saturated carbocycles. The minimum atomic E-state index is -0.189. The first-order chi connectivity index (χ1) is 12.5. The Hall–Kier alpha value is -1.36. The molecule has 0 spiro atoms. The van der Waals surface area contributed by atoms with E-state index in [9.17, 15) is 9.59 Å². The minimum absolute atomic E-state index is 0. The molecule has 0 radical (unpaired) electrons. The van der Waals surface area contributed by atoms with E-state index in [1.807, 2.05) is 32.0 Å². The highest BCUT2D eigenvalue weighted by Gasteiger charge is 2.28. The monoisotopic (exact) mass is 551 g/mol. The average molecular weight is 552 g/mol. The molecule has 0 saturated heterocycles. The van der Waals surface area contributed by atoms with Gasteiger partial charge in [-0.15, -0.1) is 24.0 Å². The topological polar surface area (TPSA) is 94.6 Å². The summed E-state index contributed by atoms with van der Waals surface area (Å²) < 4.78 is 0.908. The van der Waals surface area contributed by atoms with E-state index in [2.05, 4.69) is 42.2 Å². The Balaban J connectivity index is 0.00000364. The molecule has 4 N–H and O–H groups in total. The summed E-state index contributed by atoms with van der Waals surface area (Å²) >= 11 is 3.40. The summed E-state index contributed by atoms with van der Waals surface area (Å²) in [4.78, 5) is 28.0.